The first-order chi connectivity index (χ1) is 21.1. The third-order valence-corrected chi connectivity index (χ3v) is 8.69. The average molecular weight is 601 g/mol. The largest absolute Gasteiger partial charge is 0.490 e. The minimum Gasteiger partial charge on any atom is -0.490 e. The fourth-order valence-corrected chi connectivity index (χ4v) is 5.82. The smallest absolute Gasteiger partial charge is 0.350 e. The Morgan fingerprint density at radius 2 is 1.70 bits per heavy atom. The first-order valence-corrected chi connectivity index (χ1v) is 15.3. The fraction of sp³-hybridized carbons (Fsp3) is 0.400. The Kier molecular flexibility index (Phi) is 9.64. The first kappa shape index (κ1) is 31.2. The fourth-order valence-electron chi connectivity index (χ4n) is 5.82. The molecule has 3 aromatic carbocycles. The summed E-state index contributed by atoms with van der Waals surface area (Å²) in [6.45, 7) is 8.47. The second-order valence-corrected chi connectivity index (χ2v) is 12.0. The average Bonchev–Trinajstić information content (AvgIpc) is 3.29. The van der Waals surface area contributed by atoms with Crippen LogP contribution in [0.15, 0.2) is 65.5 Å². The monoisotopic (exact) mass is 600 g/mol. The molecule has 1 atom stereocenters. The van der Waals surface area contributed by atoms with Crippen molar-refractivity contribution in [2.24, 2.45) is 18.9 Å². The van der Waals surface area contributed by atoms with Gasteiger partial charge in [-0.05, 0) is 68.2 Å². The van der Waals surface area contributed by atoms with Crippen molar-refractivity contribution >= 4 is 11.6 Å². The van der Waals surface area contributed by atoms with Gasteiger partial charge in [-0.15, -0.1) is 5.10 Å². The van der Waals surface area contributed by atoms with Crippen molar-refractivity contribution < 1.29 is 18.7 Å². The van der Waals surface area contributed by atoms with Crippen molar-refractivity contribution in [2.45, 2.75) is 72.7 Å². The lowest BCUT2D eigenvalue weighted by Crippen LogP contribution is -2.29. The van der Waals surface area contributed by atoms with Crippen LogP contribution in [0.4, 0.5) is 10.1 Å². The third kappa shape index (κ3) is 6.94. The van der Waals surface area contributed by atoms with Gasteiger partial charge in [0.1, 0.15) is 23.9 Å². The van der Waals surface area contributed by atoms with Crippen molar-refractivity contribution in [1.82, 2.24) is 14.3 Å². The summed E-state index contributed by atoms with van der Waals surface area (Å²) in [6, 6.07) is 18.0. The lowest BCUT2D eigenvalue weighted by Gasteiger charge is -2.31. The van der Waals surface area contributed by atoms with E-state index in [0.29, 0.717) is 30.0 Å². The summed E-state index contributed by atoms with van der Waals surface area (Å²) in [4.78, 5) is 26.9. The molecule has 232 valence electrons. The molecule has 0 saturated heterocycles. The van der Waals surface area contributed by atoms with Crippen LogP contribution in [-0.4, -0.2) is 26.4 Å². The quantitative estimate of drug-likeness (QED) is 0.214. The number of amides is 1. The highest BCUT2D eigenvalue weighted by Crippen LogP contribution is 2.34. The Labute approximate surface area is 257 Å². The van der Waals surface area contributed by atoms with E-state index in [1.54, 1.807) is 7.05 Å². The molecule has 1 amide bonds. The maximum atomic E-state index is 15.8. The van der Waals surface area contributed by atoms with Gasteiger partial charge in [-0.2, -0.15) is 4.68 Å². The van der Waals surface area contributed by atoms with Gasteiger partial charge in [-0.1, -0.05) is 68.3 Å². The molecule has 8 nitrogen and oxygen atoms in total. The zero-order valence-electron chi connectivity index (χ0n) is 26.1. The number of ether oxygens (including phenoxy) is 2. The molecule has 1 unspecified atom stereocenters. The number of hydrogen-bond donors (Lipinski definition) is 1. The zero-order chi connectivity index (χ0) is 31.4. The summed E-state index contributed by atoms with van der Waals surface area (Å²) in [5.74, 6) is 0.275. The van der Waals surface area contributed by atoms with Gasteiger partial charge in [0.25, 0.3) is 5.91 Å². The number of aryl methyl sites for hydroxylation is 2. The summed E-state index contributed by atoms with van der Waals surface area (Å²) < 4.78 is 30.4. The van der Waals surface area contributed by atoms with Gasteiger partial charge in [-0.3, -0.25) is 9.36 Å². The number of carbonyl (C=O) groups is 1. The van der Waals surface area contributed by atoms with E-state index >= 15 is 4.39 Å². The van der Waals surface area contributed by atoms with Gasteiger partial charge in [0.2, 0.25) is 0 Å². The number of carbonyl (C=O) groups excluding carboxylic acids is 1. The second kappa shape index (κ2) is 13.6. The Morgan fingerprint density at radius 1 is 1.02 bits per heavy atom. The molecule has 1 aliphatic rings. The number of halogens is 1. The molecule has 1 aliphatic carbocycles. The van der Waals surface area contributed by atoms with E-state index < -0.39 is 17.4 Å². The predicted octanol–water partition coefficient (Wildman–Crippen LogP) is 6.89. The van der Waals surface area contributed by atoms with Gasteiger partial charge >= 0.3 is 5.69 Å². The van der Waals surface area contributed by atoms with Crippen LogP contribution in [0, 0.1) is 31.5 Å². The van der Waals surface area contributed by atoms with Crippen LogP contribution in [-0.2, 0) is 25.0 Å². The van der Waals surface area contributed by atoms with Crippen LogP contribution in [0.3, 0.4) is 0 Å². The maximum absolute atomic E-state index is 15.8. The Balaban J connectivity index is 1.47. The molecule has 44 heavy (non-hydrogen) atoms. The van der Waals surface area contributed by atoms with Crippen molar-refractivity contribution in [3.05, 3.63) is 105 Å². The van der Waals surface area contributed by atoms with E-state index in [1.165, 1.54) is 10.6 Å². The molecule has 0 spiro atoms. The molecule has 1 fully saturated rings. The first-order valence-electron chi connectivity index (χ1n) is 15.3. The molecule has 1 aromatic heterocycles. The van der Waals surface area contributed by atoms with Crippen LogP contribution < -0.4 is 15.7 Å². The highest BCUT2D eigenvalue weighted by molar-refractivity contribution is 6.07. The van der Waals surface area contributed by atoms with Gasteiger partial charge in [0.15, 0.2) is 5.82 Å². The minimum atomic E-state index is -0.764. The van der Waals surface area contributed by atoms with E-state index in [4.69, 9.17) is 9.47 Å². The van der Waals surface area contributed by atoms with E-state index in [0.717, 1.165) is 53.1 Å². The number of rotatable bonds is 10. The van der Waals surface area contributed by atoms with Gasteiger partial charge in [-0.25, -0.2) is 9.18 Å². The van der Waals surface area contributed by atoms with Crippen LogP contribution in [0.1, 0.15) is 72.4 Å². The number of hydrogen-bond acceptors (Lipinski definition) is 5. The van der Waals surface area contributed by atoms with Gasteiger partial charge in [0.05, 0.1) is 18.3 Å². The summed E-state index contributed by atoms with van der Waals surface area (Å²) in [5, 5.41) is 7.35. The Morgan fingerprint density at radius 3 is 2.39 bits per heavy atom. The normalized spacial score (nSPS) is 17.3. The molecule has 0 bridgehead atoms. The van der Waals surface area contributed by atoms with Crippen LogP contribution in [0.25, 0.3) is 5.69 Å². The maximum Gasteiger partial charge on any atom is 0.350 e. The van der Waals surface area contributed by atoms with Crippen molar-refractivity contribution in [2.75, 3.05) is 5.32 Å². The molecule has 9 heteroatoms. The van der Waals surface area contributed by atoms with Crippen LogP contribution >= 0.6 is 0 Å². The molecule has 1 heterocycles. The van der Waals surface area contributed by atoms with Crippen molar-refractivity contribution in [3.63, 3.8) is 0 Å². The number of benzene rings is 3. The predicted molar refractivity (Wildman–Crippen MR) is 169 cm³/mol. The number of nitrogens with zero attached hydrogens (tertiary/aromatic N) is 3. The van der Waals surface area contributed by atoms with Crippen LogP contribution in [0.5, 0.6) is 5.75 Å². The topological polar surface area (TPSA) is 87.4 Å². The van der Waals surface area contributed by atoms with E-state index in [2.05, 4.69) is 17.3 Å². The molecule has 0 aliphatic heterocycles. The third-order valence-electron chi connectivity index (χ3n) is 8.69. The van der Waals surface area contributed by atoms with Crippen molar-refractivity contribution in [1.29, 1.82) is 0 Å². The number of nitrogens with one attached hydrogen (secondary N) is 1. The summed E-state index contributed by atoms with van der Waals surface area (Å²) in [5.41, 5.74) is 2.87. The Hall–Kier alpha value is -4.24. The summed E-state index contributed by atoms with van der Waals surface area (Å²) in [6.07, 6.45) is 4.06. The summed E-state index contributed by atoms with van der Waals surface area (Å²) in [7, 11) is 1.57. The SMILES string of the molecule is Cc1cccc(C)c1NC(=O)c1cc(F)c(-n2nc(COCc3ccccc3)n(C)c2=O)cc1OC(C)C1CCC(C)CC1. The molecule has 0 radical (unpaired) electrons. The van der Waals surface area contributed by atoms with E-state index in [1.807, 2.05) is 69.3 Å². The molecule has 1 N–H and O–H groups in total. The number of anilines is 1. The van der Waals surface area contributed by atoms with Gasteiger partial charge < -0.3 is 14.8 Å². The van der Waals surface area contributed by atoms with E-state index in [-0.39, 0.29) is 29.7 Å². The van der Waals surface area contributed by atoms with Crippen molar-refractivity contribution in [3.8, 4) is 11.4 Å². The van der Waals surface area contributed by atoms with E-state index in [9.17, 15) is 9.59 Å². The molecule has 5 rings (SSSR count). The molecule has 4 aromatic rings. The zero-order valence-corrected chi connectivity index (χ0v) is 26.1. The number of para-hydroxylation sites is 1. The number of aromatic nitrogens is 3. The minimum absolute atomic E-state index is 0.0559. The lowest BCUT2D eigenvalue weighted by atomic mass is 9.80. The molecular formula is C35H41FN4O4. The molecule has 1 saturated carbocycles. The standard InChI is InChI=1S/C35H41FN4O4/c1-22-14-16-27(17-15-22)25(4)44-31-19-30(29(36)18-28(31)34(41)37-33-23(2)10-9-11-24(33)3)40-35(42)39(5)32(38-40)21-43-20-26-12-7-6-8-13-26/h6-13,18-19,22,25,27H,14-17,20-21H2,1-5H3,(H,37,41). The Bertz CT molecular complexity index is 1650. The van der Waals surface area contributed by atoms with Gasteiger partial charge in [0, 0.05) is 18.8 Å². The highest BCUT2D eigenvalue weighted by Gasteiger charge is 2.28. The molecular weight excluding hydrogens is 559 g/mol. The lowest BCUT2D eigenvalue weighted by molar-refractivity contribution is 0.0982. The highest BCUT2D eigenvalue weighted by atomic mass is 19.1. The van der Waals surface area contributed by atoms with Crippen LogP contribution in [0.2, 0.25) is 0 Å². The summed E-state index contributed by atoms with van der Waals surface area (Å²) >= 11 is 0. The second-order valence-electron chi connectivity index (χ2n) is 12.0.